The molecule has 0 aromatic heterocycles. The van der Waals surface area contributed by atoms with E-state index in [-0.39, 0.29) is 43.5 Å². The fourth-order valence-corrected chi connectivity index (χ4v) is 4.88. The van der Waals surface area contributed by atoms with E-state index in [1.165, 1.54) is 22.5 Å². The lowest BCUT2D eigenvalue weighted by Crippen LogP contribution is -2.51. The van der Waals surface area contributed by atoms with Crippen LogP contribution in [0.25, 0.3) is 0 Å². The van der Waals surface area contributed by atoms with Crippen molar-refractivity contribution in [2.75, 3.05) is 38.0 Å². The first kappa shape index (κ1) is 20.9. The molecule has 150 valence electrons. The second-order valence-corrected chi connectivity index (χ2v) is 9.06. The van der Waals surface area contributed by atoms with Crippen LogP contribution in [0, 0.1) is 5.82 Å². The lowest BCUT2D eigenvalue weighted by atomic mass is 10.3. The normalized spacial score (nSPS) is 15.5. The molecule has 10 heteroatoms. The number of halogens is 3. The maximum atomic E-state index is 13.3. The first-order valence-corrected chi connectivity index (χ1v) is 10.7. The highest BCUT2D eigenvalue weighted by Crippen LogP contribution is 2.22. The summed E-state index contributed by atoms with van der Waals surface area (Å²) in [5, 5.41) is 3.88. The fourth-order valence-electron chi connectivity index (χ4n) is 2.90. The third-order valence-electron chi connectivity index (χ3n) is 4.33. The van der Waals surface area contributed by atoms with Crippen molar-refractivity contribution in [2.24, 2.45) is 0 Å². The van der Waals surface area contributed by atoms with E-state index < -0.39 is 15.8 Å². The Hall–Kier alpha value is -1.87. The van der Waals surface area contributed by atoms with Crippen LogP contribution >= 0.6 is 23.2 Å². The molecule has 0 saturated carbocycles. The van der Waals surface area contributed by atoms with Gasteiger partial charge in [-0.2, -0.15) is 4.31 Å². The van der Waals surface area contributed by atoms with Crippen LogP contribution in [-0.2, 0) is 14.8 Å². The van der Waals surface area contributed by atoms with E-state index in [2.05, 4.69) is 5.32 Å². The largest absolute Gasteiger partial charge is 0.376 e. The predicted octanol–water partition coefficient (Wildman–Crippen LogP) is 3.08. The minimum absolute atomic E-state index is 0.0350. The molecule has 1 amide bonds. The zero-order valence-electron chi connectivity index (χ0n) is 14.7. The van der Waals surface area contributed by atoms with Gasteiger partial charge in [-0.05, 0) is 36.4 Å². The maximum Gasteiger partial charge on any atom is 0.243 e. The van der Waals surface area contributed by atoms with Gasteiger partial charge in [-0.1, -0.05) is 29.3 Å². The van der Waals surface area contributed by atoms with Gasteiger partial charge in [-0.3, -0.25) is 4.79 Å². The molecule has 1 heterocycles. The second kappa shape index (κ2) is 8.65. The number of hydrogen-bond acceptors (Lipinski definition) is 4. The van der Waals surface area contributed by atoms with Crippen molar-refractivity contribution < 1.29 is 17.6 Å². The number of rotatable bonds is 5. The number of nitrogens with one attached hydrogen (secondary N) is 1. The topological polar surface area (TPSA) is 69.7 Å². The number of piperazine rings is 1. The van der Waals surface area contributed by atoms with Gasteiger partial charge < -0.3 is 10.2 Å². The summed E-state index contributed by atoms with van der Waals surface area (Å²) in [7, 11) is -3.79. The van der Waals surface area contributed by atoms with Crippen molar-refractivity contribution in [3.05, 3.63) is 58.3 Å². The molecule has 0 radical (unpaired) electrons. The number of benzene rings is 2. The summed E-state index contributed by atoms with van der Waals surface area (Å²) in [6, 6.07) is 9.80. The molecule has 0 atom stereocenters. The summed E-state index contributed by atoms with van der Waals surface area (Å²) in [4.78, 5) is 13.9. The standard InChI is InChI=1S/C18H18Cl2FN3O3S/c19-13-8-14(20)10-16(9-13)22-12-18(25)23-4-6-24(7-5-23)28(26,27)17-3-1-2-15(21)11-17/h1-3,8-11,22H,4-7,12H2. The van der Waals surface area contributed by atoms with Gasteiger partial charge in [0.05, 0.1) is 11.4 Å². The van der Waals surface area contributed by atoms with Crippen LogP contribution in [0.1, 0.15) is 0 Å². The first-order valence-electron chi connectivity index (χ1n) is 8.49. The van der Waals surface area contributed by atoms with Crippen molar-refractivity contribution in [1.82, 2.24) is 9.21 Å². The van der Waals surface area contributed by atoms with Crippen LogP contribution in [0.5, 0.6) is 0 Å². The summed E-state index contributed by atoms with van der Waals surface area (Å²) < 4.78 is 39.8. The molecular formula is C18H18Cl2FN3O3S. The zero-order chi connectivity index (χ0) is 20.3. The number of hydrogen-bond donors (Lipinski definition) is 1. The van der Waals surface area contributed by atoms with Crippen LogP contribution in [0.4, 0.5) is 10.1 Å². The maximum absolute atomic E-state index is 13.3. The lowest BCUT2D eigenvalue weighted by molar-refractivity contribution is -0.130. The van der Waals surface area contributed by atoms with Gasteiger partial charge in [0.15, 0.2) is 0 Å². The number of amides is 1. The second-order valence-electron chi connectivity index (χ2n) is 6.25. The number of carbonyl (C=O) groups is 1. The van der Waals surface area contributed by atoms with Crippen molar-refractivity contribution in [3.8, 4) is 0 Å². The third-order valence-corrected chi connectivity index (χ3v) is 6.66. The van der Waals surface area contributed by atoms with Gasteiger partial charge in [-0.15, -0.1) is 0 Å². The summed E-state index contributed by atoms with van der Waals surface area (Å²) in [5.74, 6) is -0.777. The molecule has 1 saturated heterocycles. The van der Waals surface area contributed by atoms with Gasteiger partial charge in [0.2, 0.25) is 15.9 Å². The molecule has 0 unspecified atom stereocenters. The quantitative estimate of drug-likeness (QED) is 0.767. The Morgan fingerprint density at radius 1 is 1.04 bits per heavy atom. The van der Waals surface area contributed by atoms with E-state index in [4.69, 9.17) is 23.2 Å². The van der Waals surface area contributed by atoms with Crippen LogP contribution in [0.2, 0.25) is 10.0 Å². The lowest BCUT2D eigenvalue weighted by Gasteiger charge is -2.34. The minimum Gasteiger partial charge on any atom is -0.376 e. The van der Waals surface area contributed by atoms with E-state index in [1.807, 2.05) is 0 Å². The summed E-state index contributed by atoms with van der Waals surface area (Å²) in [5.41, 5.74) is 0.623. The number of sulfonamides is 1. The van der Waals surface area contributed by atoms with Crippen LogP contribution in [0.3, 0.4) is 0 Å². The van der Waals surface area contributed by atoms with Crippen LogP contribution in [0.15, 0.2) is 47.4 Å². The van der Waals surface area contributed by atoms with Gasteiger partial charge in [0, 0.05) is 41.9 Å². The summed E-state index contributed by atoms with van der Waals surface area (Å²) >= 11 is 11.9. The molecule has 1 aliphatic heterocycles. The number of nitrogens with zero attached hydrogens (tertiary/aromatic N) is 2. The molecule has 3 rings (SSSR count). The van der Waals surface area contributed by atoms with Crippen LogP contribution in [-0.4, -0.2) is 56.3 Å². The highest BCUT2D eigenvalue weighted by Gasteiger charge is 2.30. The Morgan fingerprint density at radius 2 is 1.68 bits per heavy atom. The van der Waals surface area contributed by atoms with Crippen LogP contribution < -0.4 is 5.32 Å². The molecule has 0 bridgehead atoms. The molecule has 0 aliphatic carbocycles. The molecule has 0 spiro atoms. The molecule has 2 aromatic rings. The van der Waals surface area contributed by atoms with E-state index in [0.717, 1.165) is 6.07 Å². The SMILES string of the molecule is O=C(CNc1cc(Cl)cc(Cl)c1)N1CCN(S(=O)(=O)c2cccc(F)c2)CC1. The Bertz CT molecular complexity index is 960. The van der Waals surface area contributed by atoms with Crippen molar-refractivity contribution in [2.45, 2.75) is 4.90 Å². The zero-order valence-corrected chi connectivity index (χ0v) is 17.1. The van der Waals surface area contributed by atoms with Crippen molar-refractivity contribution in [1.29, 1.82) is 0 Å². The number of carbonyl (C=O) groups excluding carboxylic acids is 1. The predicted molar refractivity (Wildman–Crippen MR) is 107 cm³/mol. The molecule has 6 nitrogen and oxygen atoms in total. The van der Waals surface area contributed by atoms with Crippen molar-refractivity contribution in [3.63, 3.8) is 0 Å². The molecular weight excluding hydrogens is 428 g/mol. The van der Waals surface area contributed by atoms with E-state index in [0.29, 0.717) is 15.7 Å². The van der Waals surface area contributed by atoms with Gasteiger partial charge in [-0.25, -0.2) is 12.8 Å². The minimum atomic E-state index is -3.79. The van der Waals surface area contributed by atoms with E-state index in [9.17, 15) is 17.6 Å². The van der Waals surface area contributed by atoms with E-state index >= 15 is 0 Å². The van der Waals surface area contributed by atoms with E-state index in [1.54, 1.807) is 23.1 Å². The Balaban J connectivity index is 1.56. The Morgan fingerprint density at radius 3 is 2.29 bits per heavy atom. The average Bonchev–Trinajstić information content (AvgIpc) is 2.65. The highest BCUT2D eigenvalue weighted by molar-refractivity contribution is 7.89. The Labute approximate surface area is 172 Å². The van der Waals surface area contributed by atoms with Gasteiger partial charge >= 0.3 is 0 Å². The monoisotopic (exact) mass is 445 g/mol. The molecule has 1 aliphatic rings. The molecule has 1 fully saturated rings. The van der Waals surface area contributed by atoms with Crippen molar-refractivity contribution >= 4 is 44.8 Å². The van der Waals surface area contributed by atoms with Gasteiger partial charge in [0.25, 0.3) is 0 Å². The summed E-state index contributed by atoms with van der Waals surface area (Å²) in [6.45, 7) is 0.838. The summed E-state index contributed by atoms with van der Waals surface area (Å²) in [6.07, 6.45) is 0. The molecule has 28 heavy (non-hydrogen) atoms. The average molecular weight is 446 g/mol. The smallest absolute Gasteiger partial charge is 0.243 e. The highest BCUT2D eigenvalue weighted by atomic mass is 35.5. The molecule has 1 N–H and O–H groups in total. The van der Waals surface area contributed by atoms with Gasteiger partial charge in [0.1, 0.15) is 5.82 Å². The number of anilines is 1. The molecule has 2 aromatic carbocycles. The fraction of sp³-hybridized carbons (Fsp3) is 0.278. The first-order chi connectivity index (χ1) is 13.3. The third kappa shape index (κ3) is 4.94. The Kier molecular flexibility index (Phi) is 6.44.